The van der Waals surface area contributed by atoms with Crippen LogP contribution in [0.2, 0.25) is 0 Å². The molecule has 1 aliphatic heterocycles. The number of rotatable bonds is 4. The molecule has 0 amide bonds. The first-order chi connectivity index (χ1) is 8.22. The molecule has 1 atom stereocenters. The highest BCUT2D eigenvalue weighted by Crippen LogP contribution is 2.33. The maximum Gasteiger partial charge on any atom is 0.0971 e. The Kier molecular flexibility index (Phi) is 4.54. The Bertz CT molecular complexity index is 315. The molecule has 3 nitrogen and oxygen atoms in total. The minimum absolute atomic E-state index is 0.476. The number of thiazole rings is 1. The van der Waals surface area contributed by atoms with E-state index in [1.54, 1.807) is 11.3 Å². The van der Waals surface area contributed by atoms with Crippen LogP contribution in [-0.4, -0.2) is 35.6 Å². The molecule has 96 valence electrons. The number of piperidine rings is 1. The predicted octanol–water partition coefficient (Wildman–Crippen LogP) is 2.31. The van der Waals surface area contributed by atoms with Crippen molar-refractivity contribution in [2.45, 2.75) is 38.6 Å². The number of hydrogen-bond acceptors (Lipinski definition) is 4. The minimum Gasteiger partial charge on any atom is -0.330 e. The van der Waals surface area contributed by atoms with Crippen LogP contribution in [0.15, 0.2) is 11.6 Å². The Morgan fingerprint density at radius 2 is 2.18 bits per heavy atom. The van der Waals surface area contributed by atoms with E-state index in [0.29, 0.717) is 12.0 Å². The number of aromatic nitrogens is 1. The SMILES string of the molecule is CC(C)N1CCC(C(CN)c2nccs2)CC1. The second-order valence-corrected chi connectivity index (χ2v) is 6.11. The highest BCUT2D eigenvalue weighted by Gasteiger charge is 2.28. The summed E-state index contributed by atoms with van der Waals surface area (Å²) < 4.78 is 0. The van der Waals surface area contributed by atoms with Crippen molar-refractivity contribution in [2.75, 3.05) is 19.6 Å². The van der Waals surface area contributed by atoms with Gasteiger partial charge in [-0.05, 0) is 45.7 Å². The predicted molar refractivity (Wildman–Crippen MR) is 73.3 cm³/mol. The first-order valence-electron chi connectivity index (χ1n) is 6.56. The third-order valence-electron chi connectivity index (χ3n) is 3.90. The smallest absolute Gasteiger partial charge is 0.0971 e. The molecule has 2 N–H and O–H groups in total. The van der Waals surface area contributed by atoms with Gasteiger partial charge >= 0.3 is 0 Å². The van der Waals surface area contributed by atoms with Gasteiger partial charge in [0.15, 0.2) is 0 Å². The van der Waals surface area contributed by atoms with Crippen molar-refractivity contribution < 1.29 is 0 Å². The maximum absolute atomic E-state index is 5.94. The molecule has 0 spiro atoms. The highest BCUT2D eigenvalue weighted by atomic mass is 32.1. The van der Waals surface area contributed by atoms with Gasteiger partial charge in [0, 0.05) is 30.1 Å². The van der Waals surface area contributed by atoms with Gasteiger partial charge in [0.1, 0.15) is 0 Å². The Labute approximate surface area is 108 Å². The molecule has 2 rings (SSSR count). The van der Waals surface area contributed by atoms with E-state index in [1.165, 1.54) is 30.9 Å². The van der Waals surface area contributed by atoms with E-state index in [1.807, 2.05) is 6.20 Å². The molecule has 4 heteroatoms. The van der Waals surface area contributed by atoms with E-state index in [9.17, 15) is 0 Å². The van der Waals surface area contributed by atoms with Crippen LogP contribution in [0.25, 0.3) is 0 Å². The van der Waals surface area contributed by atoms with Crippen LogP contribution in [0.4, 0.5) is 0 Å². The quantitative estimate of drug-likeness (QED) is 0.895. The zero-order valence-corrected chi connectivity index (χ0v) is 11.6. The van der Waals surface area contributed by atoms with E-state index >= 15 is 0 Å². The molecule has 1 fully saturated rings. The number of likely N-dealkylation sites (tertiary alicyclic amines) is 1. The van der Waals surface area contributed by atoms with Crippen molar-refractivity contribution in [1.29, 1.82) is 0 Å². The summed E-state index contributed by atoms with van der Waals surface area (Å²) in [6.45, 7) is 7.72. The zero-order valence-electron chi connectivity index (χ0n) is 10.8. The van der Waals surface area contributed by atoms with Crippen LogP contribution in [0.5, 0.6) is 0 Å². The van der Waals surface area contributed by atoms with E-state index in [4.69, 9.17) is 5.73 Å². The molecule has 1 aromatic rings. The first kappa shape index (κ1) is 13.0. The van der Waals surface area contributed by atoms with Gasteiger partial charge in [-0.3, -0.25) is 0 Å². The largest absolute Gasteiger partial charge is 0.330 e. The van der Waals surface area contributed by atoms with E-state index < -0.39 is 0 Å². The summed E-state index contributed by atoms with van der Waals surface area (Å²) in [5.74, 6) is 1.20. The van der Waals surface area contributed by atoms with Crippen molar-refractivity contribution in [3.05, 3.63) is 16.6 Å². The van der Waals surface area contributed by atoms with Gasteiger partial charge in [-0.2, -0.15) is 0 Å². The number of nitrogens with zero attached hydrogens (tertiary/aromatic N) is 2. The molecule has 0 bridgehead atoms. The fourth-order valence-electron chi connectivity index (χ4n) is 2.75. The second kappa shape index (κ2) is 5.94. The van der Waals surface area contributed by atoms with Crippen LogP contribution in [0.3, 0.4) is 0 Å². The highest BCUT2D eigenvalue weighted by molar-refractivity contribution is 7.09. The van der Waals surface area contributed by atoms with Crippen LogP contribution < -0.4 is 5.73 Å². The van der Waals surface area contributed by atoms with Crippen molar-refractivity contribution in [1.82, 2.24) is 9.88 Å². The molecule has 0 radical (unpaired) electrons. The molecule has 0 saturated carbocycles. The van der Waals surface area contributed by atoms with E-state index in [2.05, 4.69) is 29.1 Å². The van der Waals surface area contributed by atoms with Gasteiger partial charge < -0.3 is 10.6 Å². The van der Waals surface area contributed by atoms with Crippen LogP contribution in [0.1, 0.15) is 37.6 Å². The first-order valence-corrected chi connectivity index (χ1v) is 7.43. The molecule has 1 aromatic heterocycles. The van der Waals surface area contributed by atoms with E-state index in [-0.39, 0.29) is 0 Å². The third-order valence-corrected chi connectivity index (χ3v) is 4.80. The summed E-state index contributed by atoms with van der Waals surface area (Å²) in [6, 6.07) is 0.673. The minimum atomic E-state index is 0.476. The third kappa shape index (κ3) is 3.06. The van der Waals surface area contributed by atoms with Crippen LogP contribution >= 0.6 is 11.3 Å². The molecule has 1 saturated heterocycles. The maximum atomic E-state index is 5.94. The van der Waals surface area contributed by atoms with Crippen molar-refractivity contribution in [2.24, 2.45) is 11.7 Å². The molecule has 0 aliphatic carbocycles. The molecular weight excluding hydrogens is 230 g/mol. The summed E-state index contributed by atoms with van der Waals surface area (Å²) in [4.78, 5) is 7.00. The lowest BCUT2D eigenvalue weighted by atomic mass is 9.84. The molecule has 1 aliphatic rings. The lowest BCUT2D eigenvalue weighted by Gasteiger charge is -2.37. The van der Waals surface area contributed by atoms with Crippen molar-refractivity contribution in [3.8, 4) is 0 Å². The molecule has 2 heterocycles. The summed E-state index contributed by atoms with van der Waals surface area (Å²) in [6.07, 6.45) is 4.42. The Balaban J connectivity index is 1.95. The topological polar surface area (TPSA) is 42.1 Å². The molecule has 0 aromatic carbocycles. The van der Waals surface area contributed by atoms with Gasteiger partial charge in [0.25, 0.3) is 0 Å². The summed E-state index contributed by atoms with van der Waals surface area (Å²) in [5.41, 5.74) is 5.94. The fourth-order valence-corrected chi connectivity index (χ4v) is 3.60. The van der Waals surface area contributed by atoms with Gasteiger partial charge in [-0.25, -0.2) is 4.98 Å². The Hall–Kier alpha value is -0.450. The lowest BCUT2D eigenvalue weighted by molar-refractivity contribution is 0.138. The average Bonchev–Trinajstić information content (AvgIpc) is 2.84. The van der Waals surface area contributed by atoms with E-state index in [0.717, 1.165) is 12.5 Å². The Morgan fingerprint density at radius 1 is 1.47 bits per heavy atom. The lowest BCUT2D eigenvalue weighted by Crippen LogP contribution is -2.40. The molecule has 17 heavy (non-hydrogen) atoms. The molecule has 1 unspecified atom stereocenters. The average molecular weight is 253 g/mol. The van der Waals surface area contributed by atoms with Crippen molar-refractivity contribution in [3.63, 3.8) is 0 Å². The number of nitrogens with two attached hydrogens (primary N) is 1. The van der Waals surface area contributed by atoms with Crippen LogP contribution in [0, 0.1) is 5.92 Å². The zero-order chi connectivity index (χ0) is 12.3. The second-order valence-electron chi connectivity index (χ2n) is 5.18. The monoisotopic (exact) mass is 253 g/mol. The summed E-state index contributed by atoms with van der Waals surface area (Å²) >= 11 is 1.75. The summed E-state index contributed by atoms with van der Waals surface area (Å²) in [5, 5.41) is 3.29. The van der Waals surface area contributed by atoms with Gasteiger partial charge in [-0.1, -0.05) is 0 Å². The number of hydrogen-bond donors (Lipinski definition) is 1. The Morgan fingerprint density at radius 3 is 2.65 bits per heavy atom. The van der Waals surface area contributed by atoms with Gasteiger partial charge in [0.2, 0.25) is 0 Å². The fraction of sp³-hybridized carbons (Fsp3) is 0.769. The van der Waals surface area contributed by atoms with Gasteiger partial charge in [-0.15, -0.1) is 11.3 Å². The normalized spacial score (nSPS) is 20.9. The standard InChI is InChI=1S/C13H23N3S/c1-10(2)16-6-3-11(4-7-16)12(9-14)13-15-5-8-17-13/h5,8,10-12H,3-4,6-7,9,14H2,1-2H3. The summed E-state index contributed by atoms with van der Waals surface area (Å²) in [7, 11) is 0. The van der Waals surface area contributed by atoms with Crippen molar-refractivity contribution >= 4 is 11.3 Å². The van der Waals surface area contributed by atoms with Gasteiger partial charge in [0.05, 0.1) is 5.01 Å². The van der Waals surface area contributed by atoms with Crippen LogP contribution in [-0.2, 0) is 0 Å². The molecular formula is C13H23N3S.